The third kappa shape index (κ3) is 3.86. The van der Waals surface area contributed by atoms with Crippen LogP contribution in [0.4, 0.5) is 0 Å². The monoisotopic (exact) mass is 316 g/mol. The SMILES string of the molecule is COc1ccc(C(C)CC(=O)N2CC[C@@H]3CNC[C@@H]3CC2)cc1. The number of carbonyl (C=O) groups excluding carboxylic acids is 1. The molecular weight excluding hydrogens is 288 g/mol. The van der Waals surface area contributed by atoms with Crippen LogP contribution in [0.1, 0.15) is 37.7 Å². The maximum absolute atomic E-state index is 12.7. The zero-order valence-corrected chi connectivity index (χ0v) is 14.3. The minimum absolute atomic E-state index is 0.248. The summed E-state index contributed by atoms with van der Waals surface area (Å²) < 4.78 is 5.19. The van der Waals surface area contributed by atoms with E-state index < -0.39 is 0 Å². The molecule has 23 heavy (non-hydrogen) atoms. The number of nitrogens with one attached hydrogen (secondary N) is 1. The third-order valence-corrected chi connectivity index (χ3v) is 5.54. The fourth-order valence-electron chi connectivity index (χ4n) is 3.91. The Kier molecular flexibility index (Phi) is 5.21. The van der Waals surface area contributed by atoms with Gasteiger partial charge in [0.05, 0.1) is 7.11 Å². The van der Waals surface area contributed by atoms with E-state index in [2.05, 4.69) is 29.3 Å². The van der Waals surface area contributed by atoms with E-state index in [9.17, 15) is 4.79 Å². The number of ether oxygens (including phenoxy) is 1. The van der Waals surface area contributed by atoms with Crippen molar-refractivity contribution in [1.29, 1.82) is 0 Å². The van der Waals surface area contributed by atoms with Gasteiger partial charge in [0.25, 0.3) is 0 Å². The highest BCUT2D eigenvalue weighted by atomic mass is 16.5. The van der Waals surface area contributed by atoms with Crippen LogP contribution < -0.4 is 10.1 Å². The van der Waals surface area contributed by atoms with Gasteiger partial charge >= 0.3 is 0 Å². The van der Waals surface area contributed by atoms with Crippen molar-refractivity contribution in [2.75, 3.05) is 33.3 Å². The van der Waals surface area contributed by atoms with Gasteiger partial charge in [-0.1, -0.05) is 19.1 Å². The van der Waals surface area contributed by atoms with Crippen molar-refractivity contribution in [3.8, 4) is 5.75 Å². The number of likely N-dealkylation sites (tertiary alicyclic amines) is 1. The number of methoxy groups -OCH3 is 1. The fraction of sp³-hybridized carbons (Fsp3) is 0.632. The van der Waals surface area contributed by atoms with Crippen LogP contribution in [0.2, 0.25) is 0 Å². The number of carbonyl (C=O) groups is 1. The zero-order valence-electron chi connectivity index (χ0n) is 14.3. The van der Waals surface area contributed by atoms with Crippen LogP contribution in [0.25, 0.3) is 0 Å². The van der Waals surface area contributed by atoms with Gasteiger partial charge < -0.3 is 15.0 Å². The van der Waals surface area contributed by atoms with Gasteiger partial charge in [0.15, 0.2) is 0 Å². The van der Waals surface area contributed by atoms with Crippen molar-refractivity contribution in [3.05, 3.63) is 29.8 Å². The Hall–Kier alpha value is -1.55. The number of rotatable bonds is 4. The minimum Gasteiger partial charge on any atom is -0.497 e. The van der Waals surface area contributed by atoms with Crippen LogP contribution in [-0.4, -0.2) is 44.1 Å². The molecule has 2 heterocycles. The molecule has 0 spiro atoms. The molecule has 1 aromatic rings. The Labute approximate surface area is 139 Å². The molecule has 1 aromatic carbocycles. The van der Waals surface area contributed by atoms with Crippen molar-refractivity contribution in [2.45, 2.75) is 32.1 Å². The number of nitrogens with zero attached hydrogens (tertiary/aromatic N) is 1. The molecule has 1 unspecified atom stereocenters. The second-order valence-corrected chi connectivity index (χ2v) is 7.01. The highest BCUT2D eigenvalue weighted by molar-refractivity contribution is 5.77. The molecule has 2 fully saturated rings. The van der Waals surface area contributed by atoms with Crippen LogP contribution in [0.5, 0.6) is 5.75 Å². The molecule has 4 nitrogen and oxygen atoms in total. The van der Waals surface area contributed by atoms with Gasteiger partial charge in [0, 0.05) is 19.5 Å². The van der Waals surface area contributed by atoms with Gasteiger partial charge in [-0.2, -0.15) is 0 Å². The molecule has 126 valence electrons. The van der Waals surface area contributed by atoms with Gasteiger partial charge in [0.2, 0.25) is 5.91 Å². The van der Waals surface area contributed by atoms with Crippen molar-refractivity contribution in [2.24, 2.45) is 11.8 Å². The second kappa shape index (κ2) is 7.35. The summed E-state index contributed by atoms with van der Waals surface area (Å²) in [5, 5.41) is 3.49. The lowest BCUT2D eigenvalue weighted by Crippen LogP contribution is -2.33. The van der Waals surface area contributed by atoms with Gasteiger partial charge in [-0.05, 0) is 61.4 Å². The highest BCUT2D eigenvalue weighted by Gasteiger charge is 2.31. The molecular formula is C19H28N2O2. The van der Waals surface area contributed by atoms with E-state index in [1.807, 2.05) is 12.1 Å². The maximum atomic E-state index is 12.7. The van der Waals surface area contributed by atoms with Crippen LogP contribution >= 0.6 is 0 Å². The van der Waals surface area contributed by atoms with Gasteiger partial charge in [-0.25, -0.2) is 0 Å². The second-order valence-electron chi connectivity index (χ2n) is 7.01. The molecule has 3 rings (SSSR count). The number of benzene rings is 1. The smallest absolute Gasteiger partial charge is 0.223 e. The lowest BCUT2D eigenvalue weighted by atomic mass is 9.92. The molecule has 3 atom stereocenters. The molecule has 0 saturated carbocycles. The first-order valence-electron chi connectivity index (χ1n) is 8.80. The van der Waals surface area contributed by atoms with Gasteiger partial charge in [-0.15, -0.1) is 0 Å². The van der Waals surface area contributed by atoms with E-state index in [-0.39, 0.29) is 5.92 Å². The molecule has 0 aromatic heterocycles. The van der Waals surface area contributed by atoms with E-state index in [1.165, 1.54) is 5.56 Å². The molecule has 4 heteroatoms. The first-order chi connectivity index (χ1) is 11.2. The zero-order chi connectivity index (χ0) is 16.2. The van der Waals surface area contributed by atoms with E-state index in [1.54, 1.807) is 7.11 Å². The summed E-state index contributed by atoms with van der Waals surface area (Å²) in [7, 11) is 1.67. The van der Waals surface area contributed by atoms with Crippen LogP contribution in [0, 0.1) is 11.8 Å². The van der Waals surface area contributed by atoms with Crippen molar-refractivity contribution in [1.82, 2.24) is 10.2 Å². The molecule has 1 amide bonds. The first kappa shape index (κ1) is 16.3. The summed E-state index contributed by atoms with van der Waals surface area (Å²) >= 11 is 0. The largest absolute Gasteiger partial charge is 0.497 e. The van der Waals surface area contributed by atoms with E-state index in [0.29, 0.717) is 12.3 Å². The van der Waals surface area contributed by atoms with Crippen LogP contribution in [0.15, 0.2) is 24.3 Å². The lowest BCUT2D eigenvalue weighted by Gasteiger charge is -2.23. The highest BCUT2D eigenvalue weighted by Crippen LogP contribution is 2.28. The van der Waals surface area contributed by atoms with Crippen molar-refractivity contribution in [3.63, 3.8) is 0 Å². The molecule has 0 bridgehead atoms. The van der Waals surface area contributed by atoms with Crippen LogP contribution in [-0.2, 0) is 4.79 Å². The summed E-state index contributed by atoms with van der Waals surface area (Å²) in [6, 6.07) is 8.07. The quantitative estimate of drug-likeness (QED) is 0.928. The Morgan fingerprint density at radius 3 is 2.39 bits per heavy atom. The first-order valence-corrected chi connectivity index (χ1v) is 8.80. The minimum atomic E-state index is 0.248. The third-order valence-electron chi connectivity index (χ3n) is 5.54. The van der Waals surface area contributed by atoms with Crippen molar-refractivity contribution < 1.29 is 9.53 Å². The maximum Gasteiger partial charge on any atom is 0.223 e. The lowest BCUT2D eigenvalue weighted by molar-refractivity contribution is -0.131. The van der Waals surface area contributed by atoms with Gasteiger partial charge in [0.1, 0.15) is 5.75 Å². The fourth-order valence-corrected chi connectivity index (χ4v) is 3.91. The molecule has 1 N–H and O–H groups in total. The molecule has 2 aliphatic heterocycles. The van der Waals surface area contributed by atoms with Crippen molar-refractivity contribution >= 4 is 5.91 Å². The topological polar surface area (TPSA) is 41.6 Å². The normalized spacial score (nSPS) is 25.6. The Morgan fingerprint density at radius 2 is 1.83 bits per heavy atom. The van der Waals surface area contributed by atoms with E-state index in [4.69, 9.17) is 4.74 Å². The average molecular weight is 316 g/mol. The van der Waals surface area contributed by atoms with Gasteiger partial charge in [-0.3, -0.25) is 4.79 Å². The summed E-state index contributed by atoms with van der Waals surface area (Å²) in [5.74, 6) is 2.96. The summed E-state index contributed by atoms with van der Waals surface area (Å²) in [5.41, 5.74) is 1.20. The number of fused-ring (bicyclic) bond motifs is 1. The molecule has 0 aliphatic carbocycles. The standard InChI is InChI=1S/C19H28N2O2/c1-14(15-3-5-18(23-2)6-4-15)11-19(22)21-9-7-16-12-20-13-17(16)8-10-21/h3-6,14,16-17,20H,7-13H2,1-2H3/t14?,16-,17+. The number of hydrogen-bond donors (Lipinski definition) is 1. The summed E-state index contributed by atoms with van der Waals surface area (Å²) in [6.07, 6.45) is 2.90. The average Bonchev–Trinajstić information content (AvgIpc) is 2.93. The Morgan fingerprint density at radius 1 is 1.22 bits per heavy atom. The summed E-state index contributed by atoms with van der Waals surface area (Å²) in [4.78, 5) is 14.8. The molecule has 2 saturated heterocycles. The van der Waals surface area contributed by atoms with E-state index >= 15 is 0 Å². The number of hydrogen-bond acceptors (Lipinski definition) is 3. The predicted octanol–water partition coefficient (Wildman–Crippen LogP) is 2.65. The number of amides is 1. The molecule has 0 radical (unpaired) electrons. The van der Waals surface area contributed by atoms with E-state index in [0.717, 1.165) is 56.6 Å². The van der Waals surface area contributed by atoms with Crippen LogP contribution in [0.3, 0.4) is 0 Å². The Bertz CT molecular complexity index is 515. The predicted molar refractivity (Wildman–Crippen MR) is 91.7 cm³/mol. The summed E-state index contributed by atoms with van der Waals surface area (Å²) in [6.45, 7) is 6.26. The Balaban J connectivity index is 1.55. The molecule has 2 aliphatic rings.